The van der Waals surface area contributed by atoms with Crippen LogP contribution in [0.25, 0.3) is 11.2 Å². The smallest absolute Gasteiger partial charge is 0.226 e. The SMILES string of the molecule is COc1cccc(CNc2nc(Cl)nc3c2ncn3C(C)C)c1O. The molecule has 3 rings (SSSR count). The monoisotopic (exact) mass is 347 g/mol. The van der Waals surface area contributed by atoms with E-state index in [-0.39, 0.29) is 17.1 Å². The van der Waals surface area contributed by atoms with Gasteiger partial charge in [-0.05, 0) is 31.5 Å². The molecule has 0 aliphatic heterocycles. The third-order valence-corrected chi connectivity index (χ3v) is 3.87. The number of anilines is 1. The number of nitrogens with zero attached hydrogens (tertiary/aromatic N) is 4. The Kier molecular flexibility index (Phi) is 4.44. The molecule has 2 aromatic heterocycles. The van der Waals surface area contributed by atoms with Crippen molar-refractivity contribution in [3.05, 3.63) is 35.4 Å². The summed E-state index contributed by atoms with van der Waals surface area (Å²) in [7, 11) is 1.51. The van der Waals surface area contributed by atoms with Crippen LogP contribution in [0.15, 0.2) is 24.5 Å². The van der Waals surface area contributed by atoms with E-state index >= 15 is 0 Å². The maximum absolute atomic E-state index is 10.2. The quantitative estimate of drug-likeness (QED) is 0.688. The molecule has 0 saturated carbocycles. The number of methoxy groups -OCH3 is 1. The summed E-state index contributed by atoms with van der Waals surface area (Å²) in [5, 5.41) is 13.5. The number of hydrogen-bond donors (Lipinski definition) is 2. The van der Waals surface area contributed by atoms with E-state index in [0.29, 0.717) is 34.8 Å². The van der Waals surface area contributed by atoms with Gasteiger partial charge in [0, 0.05) is 18.2 Å². The number of phenolic OH excluding ortho intramolecular Hbond substituents is 1. The number of phenols is 1. The molecule has 8 heteroatoms. The van der Waals surface area contributed by atoms with Gasteiger partial charge in [-0.1, -0.05) is 12.1 Å². The minimum Gasteiger partial charge on any atom is -0.504 e. The first kappa shape index (κ1) is 16.3. The van der Waals surface area contributed by atoms with Crippen LogP contribution in [0.4, 0.5) is 5.82 Å². The number of fused-ring (bicyclic) bond motifs is 1. The third-order valence-electron chi connectivity index (χ3n) is 3.70. The average Bonchev–Trinajstić information content (AvgIpc) is 2.97. The van der Waals surface area contributed by atoms with E-state index in [0.717, 1.165) is 0 Å². The van der Waals surface area contributed by atoms with E-state index in [1.165, 1.54) is 7.11 Å². The van der Waals surface area contributed by atoms with Gasteiger partial charge in [0.05, 0.1) is 13.4 Å². The predicted molar refractivity (Wildman–Crippen MR) is 92.7 cm³/mol. The van der Waals surface area contributed by atoms with Crippen LogP contribution in [0.3, 0.4) is 0 Å². The van der Waals surface area contributed by atoms with Crippen molar-refractivity contribution in [2.45, 2.75) is 26.4 Å². The third kappa shape index (κ3) is 2.94. The summed E-state index contributed by atoms with van der Waals surface area (Å²) in [4.78, 5) is 12.9. The molecular formula is C16H18ClN5O2. The van der Waals surface area contributed by atoms with Gasteiger partial charge in [-0.15, -0.1) is 0 Å². The maximum Gasteiger partial charge on any atom is 0.226 e. The molecule has 24 heavy (non-hydrogen) atoms. The summed E-state index contributed by atoms with van der Waals surface area (Å²) in [6.45, 7) is 4.43. The molecule has 0 fully saturated rings. The van der Waals surface area contributed by atoms with Crippen molar-refractivity contribution < 1.29 is 9.84 Å². The van der Waals surface area contributed by atoms with Crippen molar-refractivity contribution in [1.29, 1.82) is 0 Å². The minimum absolute atomic E-state index is 0.0941. The van der Waals surface area contributed by atoms with Crippen LogP contribution in [0.2, 0.25) is 5.28 Å². The van der Waals surface area contributed by atoms with Gasteiger partial charge >= 0.3 is 0 Å². The molecule has 0 spiro atoms. The van der Waals surface area contributed by atoms with E-state index < -0.39 is 0 Å². The number of nitrogens with one attached hydrogen (secondary N) is 1. The topological polar surface area (TPSA) is 85.1 Å². The molecule has 0 amide bonds. The van der Waals surface area contributed by atoms with Crippen LogP contribution in [-0.2, 0) is 6.54 Å². The van der Waals surface area contributed by atoms with E-state index in [4.69, 9.17) is 16.3 Å². The van der Waals surface area contributed by atoms with Crippen molar-refractivity contribution in [1.82, 2.24) is 19.5 Å². The molecule has 0 bridgehead atoms. The molecule has 2 N–H and O–H groups in total. The largest absolute Gasteiger partial charge is 0.504 e. The number of aromatic hydroxyl groups is 1. The summed E-state index contributed by atoms with van der Waals surface area (Å²) in [5.41, 5.74) is 1.98. The van der Waals surface area contributed by atoms with E-state index in [1.54, 1.807) is 18.5 Å². The van der Waals surface area contributed by atoms with Gasteiger partial charge in [0.15, 0.2) is 28.5 Å². The molecule has 3 aromatic rings. The molecule has 2 heterocycles. The summed E-state index contributed by atoms with van der Waals surface area (Å²) in [6.07, 6.45) is 1.72. The van der Waals surface area contributed by atoms with Crippen molar-refractivity contribution >= 4 is 28.6 Å². The standard InChI is InChI=1S/C16H18ClN5O2/c1-9(2)22-8-19-12-14(20-16(17)21-15(12)22)18-7-10-5-4-6-11(24-3)13(10)23/h4-6,8-9,23H,7H2,1-3H3,(H,18,20,21). The first-order valence-corrected chi connectivity index (χ1v) is 7.87. The number of rotatable bonds is 5. The van der Waals surface area contributed by atoms with Crippen LogP contribution in [-0.4, -0.2) is 31.7 Å². The van der Waals surface area contributed by atoms with Crippen molar-refractivity contribution in [2.24, 2.45) is 0 Å². The highest BCUT2D eigenvalue weighted by atomic mass is 35.5. The highest BCUT2D eigenvalue weighted by Crippen LogP contribution is 2.30. The van der Waals surface area contributed by atoms with Crippen LogP contribution >= 0.6 is 11.6 Å². The molecule has 0 atom stereocenters. The number of hydrogen-bond acceptors (Lipinski definition) is 6. The van der Waals surface area contributed by atoms with Gasteiger partial charge in [-0.2, -0.15) is 9.97 Å². The van der Waals surface area contributed by atoms with Gasteiger partial charge in [-0.3, -0.25) is 0 Å². The van der Waals surface area contributed by atoms with Gasteiger partial charge < -0.3 is 19.7 Å². The summed E-state index contributed by atoms with van der Waals surface area (Å²) >= 11 is 6.05. The zero-order valence-electron chi connectivity index (χ0n) is 13.6. The lowest BCUT2D eigenvalue weighted by Crippen LogP contribution is -2.05. The summed E-state index contributed by atoms with van der Waals surface area (Å²) < 4.78 is 7.04. The highest BCUT2D eigenvalue weighted by molar-refractivity contribution is 6.28. The normalized spacial score (nSPS) is 11.2. The zero-order valence-corrected chi connectivity index (χ0v) is 14.4. The lowest BCUT2D eigenvalue weighted by Gasteiger charge is -2.11. The van der Waals surface area contributed by atoms with Crippen LogP contribution in [0.1, 0.15) is 25.5 Å². The Balaban J connectivity index is 1.93. The van der Waals surface area contributed by atoms with E-state index in [2.05, 4.69) is 20.3 Å². The fourth-order valence-electron chi connectivity index (χ4n) is 2.45. The lowest BCUT2D eigenvalue weighted by atomic mass is 10.2. The molecule has 0 saturated heterocycles. The Labute approximate surface area is 144 Å². The number of imidazole rings is 1. The van der Waals surface area contributed by atoms with Gasteiger partial charge in [-0.25, -0.2) is 4.98 Å². The number of aromatic nitrogens is 4. The molecule has 7 nitrogen and oxygen atoms in total. The van der Waals surface area contributed by atoms with E-state index in [9.17, 15) is 5.11 Å². The second-order valence-electron chi connectivity index (χ2n) is 5.58. The fourth-order valence-corrected chi connectivity index (χ4v) is 2.61. The van der Waals surface area contributed by atoms with Gasteiger partial charge in [0.1, 0.15) is 0 Å². The lowest BCUT2D eigenvalue weighted by molar-refractivity contribution is 0.371. The van der Waals surface area contributed by atoms with Gasteiger partial charge in [0.2, 0.25) is 5.28 Å². The number of para-hydroxylation sites is 1. The Bertz CT molecular complexity index is 878. The van der Waals surface area contributed by atoms with Crippen LogP contribution < -0.4 is 10.1 Å². The zero-order chi connectivity index (χ0) is 17.3. The highest BCUT2D eigenvalue weighted by Gasteiger charge is 2.15. The number of ether oxygens (including phenoxy) is 1. The fraction of sp³-hybridized carbons (Fsp3) is 0.312. The molecule has 126 valence electrons. The Morgan fingerprint density at radius 1 is 1.33 bits per heavy atom. The van der Waals surface area contributed by atoms with Crippen molar-refractivity contribution in [3.8, 4) is 11.5 Å². The Hall–Kier alpha value is -2.54. The second-order valence-corrected chi connectivity index (χ2v) is 5.92. The minimum atomic E-state index is 0.0941. The molecule has 0 aliphatic rings. The van der Waals surface area contributed by atoms with Crippen molar-refractivity contribution in [3.63, 3.8) is 0 Å². The van der Waals surface area contributed by atoms with Crippen molar-refractivity contribution in [2.75, 3.05) is 12.4 Å². The maximum atomic E-state index is 10.2. The number of benzene rings is 1. The molecule has 0 aliphatic carbocycles. The number of halogens is 1. The first-order valence-electron chi connectivity index (χ1n) is 7.50. The summed E-state index contributed by atoms with van der Waals surface area (Å²) in [6, 6.07) is 5.52. The molecule has 0 radical (unpaired) electrons. The van der Waals surface area contributed by atoms with Crippen LogP contribution in [0, 0.1) is 0 Å². The molecular weight excluding hydrogens is 330 g/mol. The Morgan fingerprint density at radius 2 is 2.12 bits per heavy atom. The molecule has 0 unspecified atom stereocenters. The van der Waals surface area contributed by atoms with E-state index in [1.807, 2.05) is 24.5 Å². The predicted octanol–water partition coefficient (Wildman–Crippen LogP) is 3.39. The van der Waals surface area contributed by atoms with Gasteiger partial charge in [0.25, 0.3) is 0 Å². The summed E-state index contributed by atoms with van der Waals surface area (Å²) in [5.74, 6) is 1.03. The van der Waals surface area contributed by atoms with Crippen LogP contribution in [0.5, 0.6) is 11.5 Å². The Morgan fingerprint density at radius 3 is 2.83 bits per heavy atom. The first-order chi connectivity index (χ1) is 11.5. The second kappa shape index (κ2) is 6.52. The molecule has 1 aromatic carbocycles. The average molecular weight is 348 g/mol.